The van der Waals surface area contributed by atoms with Crippen LogP contribution in [0, 0.1) is 0 Å². The zero-order chi connectivity index (χ0) is 19.2. The van der Waals surface area contributed by atoms with Crippen molar-refractivity contribution in [2.45, 2.75) is 45.1 Å². The van der Waals surface area contributed by atoms with Crippen LogP contribution in [0.2, 0.25) is 0 Å². The second kappa shape index (κ2) is 9.56. The smallest absolute Gasteiger partial charge is 0.223 e. The van der Waals surface area contributed by atoms with Crippen molar-refractivity contribution in [3.8, 4) is 0 Å². The lowest BCUT2D eigenvalue weighted by Gasteiger charge is -2.35. The maximum absolute atomic E-state index is 12.7. The summed E-state index contributed by atoms with van der Waals surface area (Å²) in [6, 6.07) is 9.10. The number of piperidine rings is 1. The van der Waals surface area contributed by atoms with Crippen LogP contribution >= 0.6 is 0 Å². The molecule has 0 bridgehead atoms. The second-order valence-corrected chi connectivity index (χ2v) is 8.49. The van der Waals surface area contributed by atoms with Crippen LogP contribution in [0.5, 0.6) is 0 Å². The summed E-state index contributed by atoms with van der Waals surface area (Å²) < 4.78 is 0. The van der Waals surface area contributed by atoms with Crippen LogP contribution < -0.4 is 5.32 Å². The number of nitrogens with zero attached hydrogens (tertiary/aromatic N) is 3. The quantitative estimate of drug-likeness (QED) is 0.833. The van der Waals surface area contributed by atoms with Crippen LogP contribution in [-0.4, -0.2) is 79.5 Å². The van der Waals surface area contributed by atoms with Gasteiger partial charge < -0.3 is 20.0 Å². The topological polar surface area (TPSA) is 38.8 Å². The molecule has 27 heavy (non-hydrogen) atoms. The summed E-state index contributed by atoms with van der Waals surface area (Å²) in [4.78, 5) is 19.5. The zero-order valence-electron chi connectivity index (χ0n) is 17.3. The highest BCUT2D eigenvalue weighted by molar-refractivity contribution is 5.76. The van der Waals surface area contributed by atoms with E-state index >= 15 is 0 Å². The molecule has 1 N–H and O–H groups in total. The van der Waals surface area contributed by atoms with Crippen molar-refractivity contribution in [1.82, 2.24) is 14.7 Å². The Balaban J connectivity index is 1.44. The summed E-state index contributed by atoms with van der Waals surface area (Å²) in [5.74, 6) is 0.873. The van der Waals surface area contributed by atoms with Gasteiger partial charge in [-0.15, -0.1) is 0 Å². The number of carbonyl (C=O) groups is 1. The van der Waals surface area contributed by atoms with E-state index in [0.29, 0.717) is 24.3 Å². The number of anilines is 1. The molecule has 2 fully saturated rings. The molecule has 1 aromatic carbocycles. The second-order valence-electron chi connectivity index (χ2n) is 8.49. The lowest BCUT2D eigenvalue weighted by Crippen LogP contribution is -2.48. The molecular formula is C22H36N4O. The fraction of sp³-hybridized carbons (Fsp3) is 0.682. The number of benzene rings is 1. The molecule has 0 radical (unpaired) electrons. The van der Waals surface area contributed by atoms with Crippen LogP contribution in [0.4, 0.5) is 5.69 Å². The summed E-state index contributed by atoms with van der Waals surface area (Å²) in [6.07, 6.45) is 2.87. The lowest BCUT2D eigenvalue weighted by atomic mass is 10.0. The van der Waals surface area contributed by atoms with Crippen LogP contribution in [0.1, 0.15) is 44.6 Å². The monoisotopic (exact) mass is 372 g/mol. The van der Waals surface area contributed by atoms with Crippen molar-refractivity contribution >= 4 is 11.6 Å². The molecule has 0 spiro atoms. The Morgan fingerprint density at radius 3 is 2.48 bits per heavy atom. The summed E-state index contributed by atoms with van der Waals surface area (Å²) in [5, 5.41) is 3.63. The van der Waals surface area contributed by atoms with Crippen molar-refractivity contribution in [3.05, 3.63) is 29.8 Å². The summed E-state index contributed by atoms with van der Waals surface area (Å²) in [6.45, 7) is 11.5. The molecule has 1 amide bonds. The van der Waals surface area contributed by atoms with Crippen LogP contribution in [0.25, 0.3) is 0 Å². The van der Waals surface area contributed by atoms with E-state index < -0.39 is 0 Å². The predicted molar refractivity (Wildman–Crippen MR) is 112 cm³/mol. The van der Waals surface area contributed by atoms with Gasteiger partial charge in [0.2, 0.25) is 5.91 Å². The maximum atomic E-state index is 12.7. The van der Waals surface area contributed by atoms with Crippen molar-refractivity contribution in [2.75, 3.05) is 58.2 Å². The van der Waals surface area contributed by atoms with Gasteiger partial charge in [-0.3, -0.25) is 4.79 Å². The maximum Gasteiger partial charge on any atom is 0.223 e. The van der Waals surface area contributed by atoms with Gasteiger partial charge in [-0.05, 0) is 43.5 Å². The Morgan fingerprint density at radius 2 is 1.81 bits per heavy atom. The van der Waals surface area contributed by atoms with E-state index in [0.717, 1.165) is 64.3 Å². The predicted octanol–water partition coefficient (Wildman–Crippen LogP) is 2.85. The van der Waals surface area contributed by atoms with E-state index in [2.05, 4.69) is 65.2 Å². The van der Waals surface area contributed by atoms with Crippen LogP contribution in [0.15, 0.2) is 24.3 Å². The highest BCUT2D eigenvalue weighted by Gasteiger charge is 2.24. The molecule has 5 heteroatoms. The SMILES string of the molecule is CC(C)c1ccc(NC2CCCN(C(=O)CCN3CCN(C)CC3)C2)cc1. The Bertz CT molecular complexity index is 593. The first-order valence-electron chi connectivity index (χ1n) is 10.6. The van der Waals surface area contributed by atoms with Crippen molar-refractivity contribution in [3.63, 3.8) is 0 Å². The molecule has 2 saturated heterocycles. The number of hydrogen-bond acceptors (Lipinski definition) is 4. The first-order chi connectivity index (χ1) is 13.0. The molecule has 0 aliphatic carbocycles. The minimum atomic E-state index is 0.315. The van der Waals surface area contributed by atoms with E-state index in [4.69, 9.17) is 0 Å². The molecule has 3 rings (SSSR count). The number of likely N-dealkylation sites (N-methyl/N-ethyl adjacent to an activating group) is 1. The number of amides is 1. The van der Waals surface area contributed by atoms with Gasteiger partial charge in [0.1, 0.15) is 0 Å². The average molecular weight is 373 g/mol. The summed E-state index contributed by atoms with van der Waals surface area (Å²) in [5.41, 5.74) is 2.53. The molecule has 5 nitrogen and oxygen atoms in total. The number of rotatable bonds is 6. The van der Waals surface area contributed by atoms with Gasteiger partial charge in [0.05, 0.1) is 0 Å². The first-order valence-corrected chi connectivity index (χ1v) is 10.6. The minimum absolute atomic E-state index is 0.315. The zero-order valence-corrected chi connectivity index (χ0v) is 17.3. The normalized spacial score (nSPS) is 22.2. The van der Waals surface area contributed by atoms with Crippen LogP contribution in [-0.2, 0) is 4.79 Å². The summed E-state index contributed by atoms with van der Waals surface area (Å²) >= 11 is 0. The van der Waals surface area contributed by atoms with E-state index in [1.54, 1.807) is 0 Å². The molecule has 1 aromatic rings. The minimum Gasteiger partial charge on any atom is -0.381 e. The van der Waals surface area contributed by atoms with E-state index in [1.807, 2.05) is 0 Å². The number of likely N-dealkylation sites (tertiary alicyclic amines) is 1. The van der Waals surface area contributed by atoms with Crippen LogP contribution in [0.3, 0.4) is 0 Å². The Hall–Kier alpha value is -1.59. The standard InChI is InChI=1S/C22H36N4O/c1-18(2)19-6-8-20(9-7-19)23-21-5-4-11-26(17-21)22(27)10-12-25-15-13-24(3)14-16-25/h6-9,18,21,23H,4-5,10-17H2,1-3H3. The molecule has 1 unspecified atom stereocenters. The van der Waals surface area contributed by atoms with E-state index in [1.165, 1.54) is 5.56 Å². The molecule has 2 heterocycles. The summed E-state index contributed by atoms with van der Waals surface area (Å²) in [7, 11) is 2.17. The fourth-order valence-electron chi connectivity index (χ4n) is 4.00. The number of carbonyl (C=O) groups excluding carboxylic acids is 1. The molecule has 2 aliphatic rings. The van der Waals surface area contributed by atoms with Gasteiger partial charge in [-0.25, -0.2) is 0 Å². The Morgan fingerprint density at radius 1 is 1.11 bits per heavy atom. The third-order valence-corrected chi connectivity index (χ3v) is 5.96. The van der Waals surface area contributed by atoms with Gasteiger partial charge in [-0.2, -0.15) is 0 Å². The number of piperazine rings is 1. The van der Waals surface area contributed by atoms with Crippen molar-refractivity contribution in [1.29, 1.82) is 0 Å². The van der Waals surface area contributed by atoms with Crippen molar-refractivity contribution < 1.29 is 4.79 Å². The van der Waals surface area contributed by atoms with Gasteiger partial charge in [-0.1, -0.05) is 26.0 Å². The fourth-order valence-corrected chi connectivity index (χ4v) is 4.00. The molecular weight excluding hydrogens is 336 g/mol. The van der Waals surface area contributed by atoms with Crippen molar-refractivity contribution in [2.24, 2.45) is 0 Å². The average Bonchev–Trinajstić information content (AvgIpc) is 2.68. The lowest BCUT2D eigenvalue weighted by molar-refractivity contribution is -0.132. The van der Waals surface area contributed by atoms with E-state index in [9.17, 15) is 4.79 Å². The van der Waals surface area contributed by atoms with Gasteiger partial charge in [0.15, 0.2) is 0 Å². The highest BCUT2D eigenvalue weighted by Crippen LogP contribution is 2.20. The number of nitrogens with one attached hydrogen (secondary N) is 1. The first kappa shape index (κ1) is 20.2. The highest BCUT2D eigenvalue weighted by atomic mass is 16.2. The molecule has 0 aromatic heterocycles. The molecule has 1 atom stereocenters. The Labute approximate surface area is 164 Å². The van der Waals surface area contributed by atoms with Gasteiger partial charge in [0, 0.05) is 64.0 Å². The van der Waals surface area contributed by atoms with E-state index in [-0.39, 0.29) is 0 Å². The largest absolute Gasteiger partial charge is 0.381 e. The molecule has 0 saturated carbocycles. The Kier molecular flexibility index (Phi) is 7.13. The molecule has 2 aliphatic heterocycles. The third kappa shape index (κ3) is 5.94. The third-order valence-electron chi connectivity index (χ3n) is 5.96. The van der Waals surface area contributed by atoms with Gasteiger partial charge in [0.25, 0.3) is 0 Å². The number of hydrogen-bond donors (Lipinski definition) is 1. The van der Waals surface area contributed by atoms with Gasteiger partial charge >= 0.3 is 0 Å². The molecule has 150 valence electrons.